The molecule has 1 aliphatic rings. The van der Waals surface area contributed by atoms with Crippen molar-refractivity contribution >= 4 is 11.3 Å². The molecule has 1 atom stereocenters. The van der Waals surface area contributed by atoms with Crippen molar-refractivity contribution in [3.63, 3.8) is 0 Å². The average molecular weight is 308 g/mol. The Morgan fingerprint density at radius 3 is 2.86 bits per heavy atom. The van der Waals surface area contributed by atoms with Crippen molar-refractivity contribution in [2.45, 2.75) is 18.9 Å². The Bertz CT molecular complexity index is 929. The van der Waals surface area contributed by atoms with Gasteiger partial charge >= 0.3 is 5.69 Å². The van der Waals surface area contributed by atoms with Crippen molar-refractivity contribution in [3.8, 4) is 11.8 Å². The Kier molecular flexibility index (Phi) is 2.94. The summed E-state index contributed by atoms with van der Waals surface area (Å²) in [5, 5.41) is 15.2. The average Bonchev–Trinajstić information content (AvgIpc) is 3.24. The third-order valence-electron chi connectivity index (χ3n) is 3.96. The molecular weight excluding hydrogens is 296 g/mol. The van der Waals surface area contributed by atoms with E-state index >= 15 is 0 Å². The van der Waals surface area contributed by atoms with Crippen LogP contribution in [0.3, 0.4) is 0 Å². The van der Waals surface area contributed by atoms with Crippen LogP contribution in [0.25, 0.3) is 5.69 Å². The smallest absolute Gasteiger partial charge is 0.271 e. The second-order valence-electron chi connectivity index (χ2n) is 5.23. The highest BCUT2D eigenvalue weighted by Gasteiger charge is 2.29. The van der Waals surface area contributed by atoms with Gasteiger partial charge in [-0.25, -0.2) is 4.79 Å². The molecule has 0 unspecified atom stereocenters. The molecule has 22 heavy (non-hydrogen) atoms. The second-order valence-corrected chi connectivity index (χ2v) is 6.14. The van der Waals surface area contributed by atoms with Gasteiger partial charge in [-0.05, 0) is 18.1 Å². The highest BCUT2D eigenvalue weighted by Crippen LogP contribution is 2.29. The lowest BCUT2D eigenvalue weighted by Gasteiger charge is -2.11. The van der Waals surface area contributed by atoms with Crippen LogP contribution in [0.2, 0.25) is 0 Å². The van der Waals surface area contributed by atoms with Gasteiger partial charge in [0.25, 0.3) is 0 Å². The maximum absolute atomic E-state index is 12.7. The Morgan fingerprint density at radius 1 is 1.32 bits per heavy atom. The minimum Gasteiger partial charge on any atom is -0.271 e. The Morgan fingerprint density at radius 2 is 2.14 bits per heavy atom. The van der Waals surface area contributed by atoms with E-state index in [9.17, 15) is 4.79 Å². The molecule has 3 heterocycles. The van der Waals surface area contributed by atoms with Crippen molar-refractivity contribution in [2.75, 3.05) is 0 Å². The predicted octanol–water partition coefficient (Wildman–Crippen LogP) is 2.50. The summed E-state index contributed by atoms with van der Waals surface area (Å²) in [6, 6.07) is 13.9. The first kappa shape index (κ1) is 13.0. The van der Waals surface area contributed by atoms with Crippen LogP contribution in [0, 0.1) is 11.3 Å². The zero-order valence-electron chi connectivity index (χ0n) is 11.6. The van der Waals surface area contributed by atoms with Gasteiger partial charge in [-0.1, -0.05) is 30.3 Å². The zero-order valence-corrected chi connectivity index (χ0v) is 12.5. The summed E-state index contributed by atoms with van der Waals surface area (Å²) in [5.41, 5.74) is 1.66. The van der Waals surface area contributed by atoms with Crippen LogP contribution >= 0.6 is 11.3 Å². The minimum atomic E-state index is -0.136. The lowest BCUT2D eigenvalue weighted by Crippen LogP contribution is -2.26. The number of rotatable bonds is 2. The van der Waals surface area contributed by atoms with Crippen LogP contribution in [0.1, 0.15) is 28.7 Å². The third kappa shape index (κ3) is 1.90. The van der Waals surface area contributed by atoms with Gasteiger partial charge < -0.3 is 0 Å². The number of benzene rings is 1. The van der Waals surface area contributed by atoms with Gasteiger partial charge in [-0.15, -0.1) is 16.4 Å². The zero-order chi connectivity index (χ0) is 15.1. The SMILES string of the molecule is N#Cc1cc(-n2nc3n(c2=O)[C@H](c2ccccc2)CC3)cs1. The lowest BCUT2D eigenvalue weighted by atomic mass is 10.1. The summed E-state index contributed by atoms with van der Waals surface area (Å²) in [6.07, 6.45) is 1.69. The molecule has 4 rings (SSSR count). The number of thiophene rings is 1. The standard InChI is InChI=1S/C16H12N4OS/c17-9-13-8-12(10-22-13)20-16(21)19-14(6-7-15(19)18-20)11-4-2-1-3-5-11/h1-5,8,10,14H,6-7H2/t14-/m0/s1. The largest absolute Gasteiger partial charge is 0.351 e. The van der Waals surface area contributed by atoms with E-state index in [0.29, 0.717) is 10.6 Å². The summed E-state index contributed by atoms with van der Waals surface area (Å²) < 4.78 is 3.18. The van der Waals surface area contributed by atoms with Crippen LogP contribution in [0.4, 0.5) is 0 Å². The van der Waals surface area contributed by atoms with E-state index < -0.39 is 0 Å². The molecular formula is C16H12N4OS. The fourth-order valence-electron chi connectivity index (χ4n) is 2.95. The fraction of sp³-hybridized carbons (Fsp3) is 0.188. The van der Waals surface area contributed by atoms with Crippen LogP contribution in [0.5, 0.6) is 0 Å². The van der Waals surface area contributed by atoms with Gasteiger partial charge in [0.2, 0.25) is 0 Å². The van der Waals surface area contributed by atoms with E-state index in [4.69, 9.17) is 5.26 Å². The first-order chi connectivity index (χ1) is 10.8. The predicted molar refractivity (Wildman–Crippen MR) is 83.3 cm³/mol. The number of aryl methyl sites for hydroxylation is 1. The summed E-state index contributed by atoms with van der Waals surface area (Å²) in [4.78, 5) is 13.3. The third-order valence-corrected chi connectivity index (χ3v) is 4.78. The molecule has 5 nitrogen and oxygen atoms in total. The highest BCUT2D eigenvalue weighted by molar-refractivity contribution is 7.10. The Hall–Kier alpha value is -2.65. The molecule has 1 aromatic carbocycles. The molecule has 1 aliphatic heterocycles. The van der Waals surface area contributed by atoms with Crippen molar-refractivity contribution in [1.82, 2.24) is 14.3 Å². The number of hydrogen-bond donors (Lipinski definition) is 0. The maximum atomic E-state index is 12.7. The van der Waals surface area contributed by atoms with E-state index in [0.717, 1.165) is 24.2 Å². The van der Waals surface area contributed by atoms with Crippen LogP contribution < -0.4 is 5.69 Å². The van der Waals surface area contributed by atoms with Crippen LogP contribution in [-0.2, 0) is 6.42 Å². The highest BCUT2D eigenvalue weighted by atomic mass is 32.1. The van der Waals surface area contributed by atoms with E-state index in [1.165, 1.54) is 16.0 Å². The molecule has 0 saturated carbocycles. The minimum absolute atomic E-state index is 0.0477. The number of aromatic nitrogens is 3. The van der Waals surface area contributed by atoms with Gasteiger partial charge in [0, 0.05) is 11.8 Å². The van der Waals surface area contributed by atoms with Gasteiger partial charge in [-0.3, -0.25) is 4.57 Å². The molecule has 0 aliphatic carbocycles. The van der Waals surface area contributed by atoms with Crippen LogP contribution in [-0.4, -0.2) is 14.3 Å². The first-order valence-electron chi connectivity index (χ1n) is 7.02. The Balaban J connectivity index is 1.81. The van der Waals surface area contributed by atoms with Crippen LogP contribution in [0.15, 0.2) is 46.6 Å². The molecule has 0 radical (unpaired) electrons. The molecule has 0 fully saturated rings. The summed E-state index contributed by atoms with van der Waals surface area (Å²) in [5.74, 6) is 0.809. The molecule has 3 aromatic rings. The topological polar surface area (TPSA) is 63.6 Å². The van der Waals surface area contributed by atoms with E-state index in [-0.39, 0.29) is 11.7 Å². The normalized spacial score (nSPS) is 16.4. The number of nitrogens with zero attached hydrogens (tertiary/aromatic N) is 4. The molecule has 0 N–H and O–H groups in total. The van der Waals surface area contributed by atoms with E-state index in [1.807, 2.05) is 30.3 Å². The van der Waals surface area contributed by atoms with Crippen molar-refractivity contribution in [1.29, 1.82) is 5.26 Å². The first-order valence-corrected chi connectivity index (χ1v) is 7.90. The summed E-state index contributed by atoms with van der Waals surface area (Å²) in [6.45, 7) is 0. The fourth-order valence-corrected chi connectivity index (χ4v) is 3.61. The van der Waals surface area contributed by atoms with E-state index in [2.05, 4.69) is 11.2 Å². The summed E-state index contributed by atoms with van der Waals surface area (Å²) >= 11 is 1.32. The van der Waals surface area contributed by atoms with Gasteiger partial charge in [0.1, 0.15) is 16.8 Å². The van der Waals surface area contributed by atoms with Gasteiger partial charge in [0.05, 0.1) is 11.7 Å². The van der Waals surface area contributed by atoms with Gasteiger partial charge in [-0.2, -0.15) is 9.94 Å². The quantitative estimate of drug-likeness (QED) is 0.730. The van der Waals surface area contributed by atoms with Crippen molar-refractivity contribution < 1.29 is 0 Å². The molecule has 0 saturated heterocycles. The molecule has 0 spiro atoms. The summed E-state index contributed by atoms with van der Waals surface area (Å²) in [7, 11) is 0. The molecule has 6 heteroatoms. The lowest BCUT2D eigenvalue weighted by molar-refractivity contribution is 0.588. The number of hydrogen-bond acceptors (Lipinski definition) is 4. The molecule has 0 bridgehead atoms. The second kappa shape index (κ2) is 4.97. The molecule has 2 aromatic heterocycles. The number of fused-ring (bicyclic) bond motifs is 1. The molecule has 0 amide bonds. The Labute approximate surface area is 130 Å². The maximum Gasteiger partial charge on any atom is 0.351 e. The van der Waals surface area contributed by atoms with Crippen molar-refractivity contribution in [3.05, 3.63) is 68.5 Å². The monoisotopic (exact) mass is 308 g/mol. The van der Waals surface area contributed by atoms with Crippen molar-refractivity contribution in [2.24, 2.45) is 0 Å². The van der Waals surface area contributed by atoms with Gasteiger partial charge in [0.15, 0.2) is 0 Å². The molecule has 108 valence electrons. The van der Waals surface area contributed by atoms with E-state index in [1.54, 1.807) is 16.0 Å². The number of nitriles is 1.